The molecule has 408 valence electrons. The number of amides is 1. The van der Waals surface area contributed by atoms with Gasteiger partial charge in [0.15, 0.2) is 31.1 Å². The van der Waals surface area contributed by atoms with E-state index in [2.05, 4.69) is 12.2 Å². The van der Waals surface area contributed by atoms with Crippen molar-refractivity contribution in [3.05, 3.63) is 0 Å². The molecule has 0 bridgehead atoms. The predicted octanol–water partition coefficient (Wildman–Crippen LogP) is 6.53. The molecular weight excluding hydrogens is 931 g/mol. The Balaban J connectivity index is 1.71. The quantitative estimate of drug-likeness (QED) is 0.0550. The van der Waals surface area contributed by atoms with Crippen molar-refractivity contribution >= 4 is 41.7 Å². The zero-order valence-corrected chi connectivity index (χ0v) is 44.7. The second-order valence-corrected chi connectivity index (χ2v) is 20.5. The molecule has 20 nitrogen and oxygen atoms in total. The number of carbonyl (C=O) groups excluding carboxylic acids is 7. The van der Waals surface area contributed by atoms with Gasteiger partial charge in [0.05, 0.1) is 18.3 Å². The first-order valence-corrected chi connectivity index (χ1v) is 25.4. The fourth-order valence-corrected chi connectivity index (χ4v) is 9.03. The molecule has 3 aliphatic rings. The number of unbranched alkanes of at least 4 members (excludes halogenated alkanes) is 4. The second kappa shape index (κ2) is 29.7. The van der Waals surface area contributed by atoms with Gasteiger partial charge >= 0.3 is 35.9 Å². The molecule has 3 rings (SSSR count). The van der Waals surface area contributed by atoms with Gasteiger partial charge in [-0.25, -0.2) is 4.79 Å². The van der Waals surface area contributed by atoms with Crippen LogP contribution in [-0.2, 0) is 85.6 Å². The smallest absolute Gasteiger partial charge is 0.407 e. The third-order valence-electron chi connectivity index (χ3n) is 13.4. The second-order valence-electron chi connectivity index (χ2n) is 20.5. The molecule has 3 aliphatic heterocycles. The molecule has 0 aromatic rings. The normalized spacial score (nSPS) is 31.3. The maximum Gasteiger partial charge on any atom is 0.407 e. The zero-order chi connectivity index (χ0) is 53.2. The largest absolute Gasteiger partial charge is 0.463 e. The molecule has 0 radical (unpaired) electrons. The Morgan fingerprint density at radius 1 is 0.521 bits per heavy atom. The molecule has 6 unspecified atom stereocenters. The van der Waals surface area contributed by atoms with Crippen molar-refractivity contribution in [3.8, 4) is 0 Å². The summed E-state index contributed by atoms with van der Waals surface area (Å²) in [4.78, 5) is 86.0. The van der Waals surface area contributed by atoms with Crippen LogP contribution in [0.3, 0.4) is 0 Å². The zero-order valence-electron chi connectivity index (χ0n) is 44.7. The van der Waals surface area contributed by atoms with E-state index in [1.165, 1.54) is 34.6 Å². The van der Waals surface area contributed by atoms with Crippen LogP contribution in [0.15, 0.2) is 0 Å². The van der Waals surface area contributed by atoms with Crippen molar-refractivity contribution in [1.29, 1.82) is 0 Å². The average molecular weight is 1020 g/mol. The van der Waals surface area contributed by atoms with E-state index in [1.54, 1.807) is 34.6 Å². The molecule has 0 saturated carbocycles. The highest BCUT2D eigenvalue weighted by Crippen LogP contribution is 2.41. The van der Waals surface area contributed by atoms with Gasteiger partial charge in [-0.1, -0.05) is 60.8 Å². The van der Waals surface area contributed by atoms with Crippen molar-refractivity contribution < 1.29 is 90.4 Å². The van der Waals surface area contributed by atoms with Crippen LogP contribution in [-0.4, -0.2) is 142 Å². The lowest BCUT2D eigenvalue weighted by atomic mass is 9.79. The minimum absolute atomic E-state index is 0.0168. The summed E-state index contributed by atoms with van der Waals surface area (Å²) in [5.74, 6) is -4.13. The van der Waals surface area contributed by atoms with Crippen molar-refractivity contribution in [2.24, 2.45) is 35.5 Å². The maximum atomic E-state index is 12.8. The number of ether oxygens (including phenoxy) is 12. The number of nitrogens with one attached hydrogen (secondary N) is 1. The van der Waals surface area contributed by atoms with Gasteiger partial charge in [-0.05, 0) is 58.3 Å². The van der Waals surface area contributed by atoms with E-state index in [0.717, 1.165) is 25.7 Å². The molecular formula is C51H85NO19. The van der Waals surface area contributed by atoms with Crippen LogP contribution in [0.2, 0.25) is 0 Å². The van der Waals surface area contributed by atoms with E-state index in [1.807, 2.05) is 20.8 Å². The molecule has 16 atom stereocenters. The highest BCUT2D eigenvalue weighted by molar-refractivity contribution is 5.80. The summed E-state index contributed by atoms with van der Waals surface area (Å²) in [6.07, 6.45) is -4.45. The van der Waals surface area contributed by atoms with Gasteiger partial charge in [-0.15, -0.1) is 0 Å². The number of alkyl carbamates (subject to hydrolysis) is 1. The first kappa shape index (κ1) is 61.4. The Labute approximate surface area is 420 Å². The highest BCUT2D eigenvalue weighted by atomic mass is 16.8. The van der Waals surface area contributed by atoms with Gasteiger partial charge in [0.1, 0.15) is 43.4 Å². The minimum atomic E-state index is -1.33. The van der Waals surface area contributed by atoms with Gasteiger partial charge in [-0.3, -0.25) is 28.8 Å². The summed E-state index contributed by atoms with van der Waals surface area (Å²) in [5.41, 5.74) is -0.569. The first-order valence-electron chi connectivity index (χ1n) is 25.4. The molecule has 0 aliphatic carbocycles. The van der Waals surface area contributed by atoms with Crippen molar-refractivity contribution in [3.63, 3.8) is 0 Å². The lowest BCUT2D eigenvalue weighted by Gasteiger charge is -2.50. The molecule has 0 aromatic carbocycles. The number of rotatable bonds is 26. The Kier molecular flexibility index (Phi) is 25.6. The van der Waals surface area contributed by atoms with Crippen molar-refractivity contribution in [2.75, 3.05) is 33.0 Å². The van der Waals surface area contributed by atoms with Crippen LogP contribution < -0.4 is 5.32 Å². The Morgan fingerprint density at radius 2 is 1.00 bits per heavy atom. The van der Waals surface area contributed by atoms with Gasteiger partial charge in [-0.2, -0.15) is 0 Å². The molecule has 20 heteroatoms. The van der Waals surface area contributed by atoms with E-state index < -0.39 is 115 Å². The molecule has 3 heterocycles. The third kappa shape index (κ3) is 20.8. The first-order chi connectivity index (χ1) is 33.3. The fourth-order valence-electron chi connectivity index (χ4n) is 9.03. The third-order valence-corrected chi connectivity index (χ3v) is 13.4. The van der Waals surface area contributed by atoms with Gasteiger partial charge in [0, 0.05) is 77.9 Å². The predicted molar refractivity (Wildman–Crippen MR) is 254 cm³/mol. The Morgan fingerprint density at radius 3 is 1.52 bits per heavy atom. The van der Waals surface area contributed by atoms with Gasteiger partial charge in [0.2, 0.25) is 0 Å². The SMILES string of the molecule is CC(=O)OCC1O[C@H](O[C@H]2C(COC(C)=O)O[C@@H](O[C@@H]3C(COC(C)=O)O[C@@H](OCCCCCC[C@H](C)C(=O)CCCCNC(=O)OC(C)(C)C)[C@@H](OC(C)=O)C3C)[C@@H](OC(C)=O)C2C)[C@@H](C)C(C)[C@H]1C. The van der Waals surface area contributed by atoms with E-state index in [4.69, 9.17) is 56.8 Å². The highest BCUT2D eigenvalue weighted by Gasteiger charge is 2.54. The molecule has 0 spiro atoms. The number of hydrogen-bond acceptors (Lipinski definition) is 19. The molecule has 0 aromatic heterocycles. The van der Waals surface area contributed by atoms with E-state index in [-0.39, 0.29) is 55.9 Å². The summed E-state index contributed by atoms with van der Waals surface area (Å²) < 4.78 is 72.2. The Hall–Kier alpha value is -3.95. The Bertz CT molecular complexity index is 1720. The lowest BCUT2D eigenvalue weighted by Crippen LogP contribution is -2.63. The van der Waals surface area contributed by atoms with Crippen LogP contribution in [0.1, 0.15) is 148 Å². The number of esters is 5. The number of ketones is 1. The molecule has 3 saturated heterocycles. The van der Waals surface area contributed by atoms with Crippen molar-refractivity contribution in [2.45, 2.75) is 215 Å². The van der Waals surface area contributed by atoms with Crippen LogP contribution >= 0.6 is 0 Å². The standard InChI is InChI=1S/C51H85NO19/c1-28(39(58)22-18-19-23-52-50(59)71-51(12,13)14)21-17-15-16-20-24-60-48-45(64-37(10)56)32(5)44(41(67-48)26-62-35(8)54)70-49-46(65-38(11)57)33(6)43(42(68-49)27-63-36(9)55)69-47-31(4)29(2)30(3)40(66-47)25-61-34(7)53/h28-33,40-49H,15-27H2,1-14H3,(H,52,59)/t28-,29?,30+,31-,32?,33?,40?,41?,42?,43+,44-,45-,46-,47+,48+,49-/m0/s1. The van der Waals surface area contributed by atoms with E-state index in [9.17, 15) is 33.6 Å². The maximum absolute atomic E-state index is 12.8. The number of Topliss-reactive ketones (excluding diaryl/α,β-unsaturated/α-hetero) is 1. The lowest BCUT2D eigenvalue weighted by molar-refractivity contribution is -0.364. The van der Waals surface area contributed by atoms with Crippen LogP contribution in [0, 0.1) is 35.5 Å². The summed E-state index contributed by atoms with van der Waals surface area (Å²) in [5, 5.41) is 2.72. The van der Waals surface area contributed by atoms with E-state index >= 15 is 0 Å². The van der Waals surface area contributed by atoms with Crippen LogP contribution in [0.5, 0.6) is 0 Å². The molecule has 1 N–H and O–H groups in total. The molecule has 1 amide bonds. The van der Waals surface area contributed by atoms with Crippen LogP contribution in [0.4, 0.5) is 4.79 Å². The molecule has 71 heavy (non-hydrogen) atoms. The minimum Gasteiger partial charge on any atom is -0.463 e. The van der Waals surface area contributed by atoms with E-state index in [0.29, 0.717) is 32.2 Å². The number of hydrogen-bond donors (Lipinski definition) is 1. The summed E-state index contributed by atoms with van der Waals surface area (Å²) in [6, 6.07) is 0. The van der Waals surface area contributed by atoms with Gasteiger partial charge < -0.3 is 62.2 Å². The average Bonchev–Trinajstić information content (AvgIpc) is 3.27. The van der Waals surface area contributed by atoms with Gasteiger partial charge in [0.25, 0.3) is 0 Å². The monoisotopic (exact) mass is 1020 g/mol. The topological polar surface area (TPSA) is 242 Å². The summed E-state index contributed by atoms with van der Waals surface area (Å²) >= 11 is 0. The molecule has 3 fully saturated rings. The number of carbonyl (C=O) groups is 7. The van der Waals surface area contributed by atoms with Crippen LogP contribution in [0.25, 0.3) is 0 Å². The fraction of sp³-hybridized carbons (Fsp3) is 0.863. The summed E-state index contributed by atoms with van der Waals surface area (Å²) in [7, 11) is 0. The van der Waals surface area contributed by atoms with Crippen molar-refractivity contribution in [1.82, 2.24) is 5.32 Å². The summed E-state index contributed by atoms with van der Waals surface area (Å²) in [6.45, 7) is 23.5.